The maximum Gasteiger partial charge on any atom is 0.314 e. The predicted octanol–water partition coefficient (Wildman–Crippen LogP) is 2.97. The van der Waals surface area contributed by atoms with Crippen LogP contribution in [-0.4, -0.2) is 30.2 Å². The molecular formula is C15H24N2O3S. The Morgan fingerprint density at radius 3 is 2.62 bits per heavy atom. The molecule has 0 spiro atoms. The number of unbranched alkanes of at least 4 members (excludes halogenated alkanes) is 2. The number of amides is 2. The smallest absolute Gasteiger partial charge is 0.314 e. The van der Waals surface area contributed by atoms with Gasteiger partial charge < -0.3 is 15.7 Å². The number of thiophene rings is 1. The summed E-state index contributed by atoms with van der Waals surface area (Å²) < 4.78 is 0. The Kier molecular flexibility index (Phi) is 7.22. The van der Waals surface area contributed by atoms with Crippen LogP contribution in [0.25, 0.3) is 0 Å². The summed E-state index contributed by atoms with van der Waals surface area (Å²) in [6.07, 6.45) is 2.47. The van der Waals surface area contributed by atoms with Crippen molar-refractivity contribution in [2.75, 3.05) is 13.1 Å². The normalized spacial score (nSPS) is 11.1. The average molecular weight is 312 g/mol. The zero-order valence-electron chi connectivity index (χ0n) is 12.6. The molecule has 0 aliphatic carbocycles. The van der Waals surface area contributed by atoms with Crippen molar-refractivity contribution in [1.82, 2.24) is 10.6 Å². The molecule has 0 unspecified atom stereocenters. The first-order chi connectivity index (χ1) is 9.92. The van der Waals surface area contributed by atoms with Gasteiger partial charge in [-0.15, -0.1) is 11.3 Å². The number of hydrogen-bond acceptors (Lipinski definition) is 3. The number of hydrogen-bond donors (Lipinski definition) is 3. The van der Waals surface area contributed by atoms with Crippen LogP contribution in [-0.2, 0) is 10.2 Å². The van der Waals surface area contributed by atoms with Gasteiger partial charge in [0, 0.05) is 29.8 Å². The summed E-state index contributed by atoms with van der Waals surface area (Å²) >= 11 is 1.69. The zero-order valence-corrected chi connectivity index (χ0v) is 13.5. The van der Waals surface area contributed by atoms with E-state index in [1.54, 1.807) is 11.3 Å². The van der Waals surface area contributed by atoms with Gasteiger partial charge in [-0.1, -0.05) is 26.3 Å². The summed E-state index contributed by atoms with van der Waals surface area (Å²) in [6.45, 7) is 5.36. The predicted molar refractivity (Wildman–Crippen MR) is 84.9 cm³/mol. The molecule has 1 rings (SSSR count). The van der Waals surface area contributed by atoms with Crippen LogP contribution in [0.3, 0.4) is 0 Å². The zero-order chi connectivity index (χ0) is 15.7. The van der Waals surface area contributed by atoms with Crippen LogP contribution in [0.5, 0.6) is 0 Å². The summed E-state index contributed by atoms with van der Waals surface area (Å²) in [6, 6.07) is 3.92. The highest BCUT2D eigenvalue weighted by molar-refractivity contribution is 7.10. The molecule has 0 aromatic carbocycles. The molecule has 0 saturated carbocycles. The number of nitrogens with one attached hydrogen (secondary N) is 2. The van der Waals surface area contributed by atoms with Gasteiger partial charge in [-0.25, -0.2) is 4.79 Å². The first-order valence-electron chi connectivity index (χ1n) is 7.19. The van der Waals surface area contributed by atoms with E-state index >= 15 is 0 Å². The van der Waals surface area contributed by atoms with Gasteiger partial charge in [0.05, 0.1) is 0 Å². The summed E-state index contributed by atoms with van der Waals surface area (Å²) in [7, 11) is 0. The van der Waals surface area contributed by atoms with E-state index in [2.05, 4.69) is 30.5 Å². The first-order valence-corrected chi connectivity index (χ1v) is 8.07. The number of aliphatic carboxylic acids is 1. The van der Waals surface area contributed by atoms with E-state index in [9.17, 15) is 9.59 Å². The monoisotopic (exact) mass is 312 g/mol. The van der Waals surface area contributed by atoms with Gasteiger partial charge >= 0.3 is 12.0 Å². The molecule has 5 nitrogen and oxygen atoms in total. The van der Waals surface area contributed by atoms with E-state index in [0.29, 0.717) is 19.5 Å². The maximum absolute atomic E-state index is 11.7. The van der Waals surface area contributed by atoms with Crippen LogP contribution < -0.4 is 10.6 Å². The number of carboxylic acid groups (broad SMARTS) is 1. The molecule has 0 fully saturated rings. The standard InChI is InChI=1S/C15H24N2O3S/c1-15(2,12-7-6-10-21-12)11-17-14(20)16-9-5-3-4-8-13(18)19/h6-7,10H,3-5,8-9,11H2,1-2H3,(H,18,19)(H2,16,17,20). The minimum atomic E-state index is -0.767. The highest BCUT2D eigenvalue weighted by Crippen LogP contribution is 2.26. The molecule has 1 aromatic heterocycles. The van der Waals surface area contributed by atoms with Crippen molar-refractivity contribution < 1.29 is 14.7 Å². The Morgan fingerprint density at radius 1 is 1.24 bits per heavy atom. The lowest BCUT2D eigenvalue weighted by Gasteiger charge is -2.23. The Balaban J connectivity index is 2.13. The lowest BCUT2D eigenvalue weighted by molar-refractivity contribution is -0.137. The van der Waals surface area contributed by atoms with Gasteiger partial charge in [0.2, 0.25) is 0 Å². The van der Waals surface area contributed by atoms with Gasteiger partial charge in [0.15, 0.2) is 0 Å². The van der Waals surface area contributed by atoms with Crippen molar-refractivity contribution in [3.63, 3.8) is 0 Å². The van der Waals surface area contributed by atoms with E-state index in [-0.39, 0.29) is 17.9 Å². The van der Waals surface area contributed by atoms with Gasteiger partial charge in [0.1, 0.15) is 0 Å². The van der Waals surface area contributed by atoms with E-state index in [4.69, 9.17) is 5.11 Å². The third kappa shape index (κ3) is 7.13. The maximum atomic E-state index is 11.7. The van der Waals surface area contributed by atoms with E-state index in [1.807, 2.05) is 11.4 Å². The van der Waals surface area contributed by atoms with Crippen LogP contribution in [0, 0.1) is 0 Å². The quantitative estimate of drug-likeness (QED) is 0.613. The van der Waals surface area contributed by atoms with E-state index in [1.165, 1.54) is 4.88 Å². The molecule has 0 aliphatic heterocycles. The van der Waals surface area contributed by atoms with Crippen molar-refractivity contribution in [3.05, 3.63) is 22.4 Å². The van der Waals surface area contributed by atoms with Crippen molar-refractivity contribution in [2.24, 2.45) is 0 Å². The van der Waals surface area contributed by atoms with E-state index in [0.717, 1.165) is 12.8 Å². The molecule has 118 valence electrons. The van der Waals surface area contributed by atoms with Crippen molar-refractivity contribution in [3.8, 4) is 0 Å². The lowest BCUT2D eigenvalue weighted by Crippen LogP contribution is -2.42. The second-order valence-electron chi connectivity index (χ2n) is 5.68. The van der Waals surface area contributed by atoms with Crippen LogP contribution in [0.1, 0.15) is 44.4 Å². The molecular weight excluding hydrogens is 288 g/mol. The molecule has 0 radical (unpaired) electrons. The minimum absolute atomic E-state index is 0.0764. The Bertz CT molecular complexity index is 444. The van der Waals surface area contributed by atoms with Crippen LogP contribution >= 0.6 is 11.3 Å². The Morgan fingerprint density at radius 2 is 2.00 bits per heavy atom. The molecule has 0 saturated heterocycles. The summed E-state index contributed by atoms with van der Waals surface area (Å²) in [4.78, 5) is 23.3. The molecule has 6 heteroatoms. The number of carbonyl (C=O) groups is 2. The number of urea groups is 1. The molecule has 0 bridgehead atoms. The topological polar surface area (TPSA) is 78.4 Å². The Labute approximate surface area is 129 Å². The SMILES string of the molecule is CC(C)(CNC(=O)NCCCCCC(=O)O)c1cccs1. The third-order valence-electron chi connectivity index (χ3n) is 3.23. The molecule has 0 aliphatic rings. The minimum Gasteiger partial charge on any atom is -0.481 e. The third-order valence-corrected chi connectivity index (χ3v) is 4.47. The lowest BCUT2D eigenvalue weighted by atomic mass is 9.91. The van der Waals surface area contributed by atoms with Gasteiger partial charge in [-0.3, -0.25) is 4.79 Å². The molecule has 1 aromatic rings. The summed E-state index contributed by atoms with van der Waals surface area (Å²) in [5.74, 6) is -0.767. The summed E-state index contributed by atoms with van der Waals surface area (Å²) in [5, 5.41) is 16.2. The molecule has 1 heterocycles. The largest absolute Gasteiger partial charge is 0.481 e. The molecule has 0 atom stereocenters. The van der Waals surface area contributed by atoms with Crippen molar-refractivity contribution in [2.45, 2.75) is 44.9 Å². The highest BCUT2D eigenvalue weighted by Gasteiger charge is 2.22. The van der Waals surface area contributed by atoms with Crippen LogP contribution in [0.4, 0.5) is 4.79 Å². The van der Waals surface area contributed by atoms with E-state index < -0.39 is 5.97 Å². The number of rotatable bonds is 9. The highest BCUT2D eigenvalue weighted by atomic mass is 32.1. The molecule has 3 N–H and O–H groups in total. The van der Waals surface area contributed by atoms with Gasteiger partial charge in [-0.05, 0) is 24.3 Å². The van der Waals surface area contributed by atoms with Crippen molar-refractivity contribution in [1.29, 1.82) is 0 Å². The summed E-state index contributed by atoms with van der Waals surface area (Å²) in [5.41, 5.74) is -0.0764. The fourth-order valence-electron chi connectivity index (χ4n) is 1.89. The van der Waals surface area contributed by atoms with Crippen molar-refractivity contribution >= 4 is 23.3 Å². The molecule has 21 heavy (non-hydrogen) atoms. The second kappa shape index (κ2) is 8.67. The fourth-order valence-corrected chi connectivity index (χ4v) is 2.75. The first kappa shape index (κ1) is 17.5. The Hall–Kier alpha value is -1.56. The number of carbonyl (C=O) groups excluding carboxylic acids is 1. The average Bonchev–Trinajstić information content (AvgIpc) is 2.95. The number of carboxylic acids is 1. The second-order valence-corrected chi connectivity index (χ2v) is 6.62. The van der Waals surface area contributed by atoms with Crippen LogP contribution in [0.15, 0.2) is 17.5 Å². The van der Waals surface area contributed by atoms with Gasteiger partial charge in [0.25, 0.3) is 0 Å². The molecule has 2 amide bonds. The fraction of sp³-hybridized carbons (Fsp3) is 0.600. The van der Waals surface area contributed by atoms with Gasteiger partial charge in [-0.2, -0.15) is 0 Å². The van der Waals surface area contributed by atoms with Crippen LogP contribution in [0.2, 0.25) is 0 Å².